The Kier molecular flexibility index (Phi) is 11.8. The van der Waals surface area contributed by atoms with E-state index < -0.39 is 8.80 Å². The van der Waals surface area contributed by atoms with Crippen LogP contribution in [0.3, 0.4) is 0 Å². The van der Waals surface area contributed by atoms with Crippen molar-refractivity contribution in [1.82, 2.24) is 0 Å². The summed E-state index contributed by atoms with van der Waals surface area (Å²) in [5.74, 6) is 0.410. The maximum atomic E-state index is 5.78. The first-order chi connectivity index (χ1) is 9.14. The molecule has 0 aromatic carbocycles. The zero-order chi connectivity index (χ0) is 14.6. The summed E-state index contributed by atoms with van der Waals surface area (Å²) in [6.07, 6.45) is 0.892. The van der Waals surface area contributed by atoms with Crippen molar-refractivity contribution in [1.29, 1.82) is 0 Å². The number of ether oxygens (including phenoxy) is 1. The first-order valence-corrected chi connectivity index (χ1v) is 9.26. The second kappa shape index (κ2) is 11.8. The Morgan fingerprint density at radius 3 is 1.95 bits per heavy atom. The van der Waals surface area contributed by atoms with Gasteiger partial charge in [-0.2, -0.15) is 0 Å². The van der Waals surface area contributed by atoms with Crippen LogP contribution in [0.5, 0.6) is 0 Å². The fourth-order valence-electron chi connectivity index (χ4n) is 1.74. The van der Waals surface area contributed by atoms with Crippen molar-refractivity contribution < 1.29 is 18.0 Å². The van der Waals surface area contributed by atoms with Crippen LogP contribution in [-0.4, -0.2) is 48.4 Å². The third kappa shape index (κ3) is 8.72. The molecular formula is C13H31NO4Si. The first kappa shape index (κ1) is 19.0. The molecule has 0 bridgehead atoms. The fourth-order valence-corrected chi connectivity index (χ4v) is 4.32. The minimum absolute atomic E-state index is 0.410. The van der Waals surface area contributed by atoms with Crippen molar-refractivity contribution in [3.63, 3.8) is 0 Å². The summed E-state index contributed by atoms with van der Waals surface area (Å²) in [6, 6.07) is 0.805. The van der Waals surface area contributed by atoms with Crippen LogP contribution in [0, 0.1) is 5.92 Å². The fraction of sp³-hybridized carbons (Fsp3) is 1.00. The summed E-state index contributed by atoms with van der Waals surface area (Å²) in [7, 11) is -2.49. The Balaban J connectivity index is 4.03. The van der Waals surface area contributed by atoms with Gasteiger partial charge < -0.3 is 23.7 Å². The second-order valence-electron chi connectivity index (χ2n) is 4.50. The average molecular weight is 293 g/mol. The molecule has 0 aliphatic rings. The summed E-state index contributed by atoms with van der Waals surface area (Å²) < 4.78 is 22.9. The molecule has 0 radical (unpaired) electrons. The Labute approximate surface area is 119 Å². The highest BCUT2D eigenvalue weighted by atomic mass is 28.4. The van der Waals surface area contributed by atoms with E-state index in [1.165, 1.54) is 0 Å². The summed E-state index contributed by atoms with van der Waals surface area (Å²) in [6.45, 7) is 11.9. The number of rotatable bonds is 13. The molecule has 5 nitrogen and oxygen atoms in total. The number of hydrogen-bond donors (Lipinski definition) is 1. The Bertz CT molecular complexity index is 190. The van der Waals surface area contributed by atoms with Crippen LogP contribution in [0.4, 0.5) is 0 Å². The molecule has 0 saturated heterocycles. The predicted molar refractivity (Wildman–Crippen MR) is 79.1 cm³/mol. The Morgan fingerprint density at radius 2 is 1.53 bits per heavy atom. The normalized spacial score (nSPS) is 13.7. The summed E-state index contributed by atoms with van der Waals surface area (Å²) in [5.41, 5.74) is 5.54. The molecule has 0 spiro atoms. The van der Waals surface area contributed by atoms with Gasteiger partial charge in [0.2, 0.25) is 0 Å². The molecule has 0 aliphatic heterocycles. The van der Waals surface area contributed by atoms with E-state index in [4.69, 9.17) is 23.7 Å². The van der Waals surface area contributed by atoms with Crippen molar-refractivity contribution in [2.45, 2.75) is 40.2 Å². The van der Waals surface area contributed by atoms with E-state index in [0.717, 1.165) is 12.5 Å². The lowest BCUT2D eigenvalue weighted by molar-refractivity contribution is 0.0636. The maximum Gasteiger partial charge on any atom is 0.501 e. The van der Waals surface area contributed by atoms with Crippen molar-refractivity contribution in [3.05, 3.63) is 0 Å². The van der Waals surface area contributed by atoms with Crippen molar-refractivity contribution in [2.24, 2.45) is 11.7 Å². The highest BCUT2D eigenvalue weighted by molar-refractivity contribution is 6.60. The van der Waals surface area contributed by atoms with E-state index in [2.05, 4.69) is 6.92 Å². The molecule has 2 N–H and O–H groups in total. The van der Waals surface area contributed by atoms with Crippen LogP contribution < -0.4 is 5.73 Å². The Hall–Kier alpha value is 0.0169. The molecule has 19 heavy (non-hydrogen) atoms. The number of hydrogen-bond acceptors (Lipinski definition) is 5. The molecule has 116 valence electrons. The first-order valence-electron chi connectivity index (χ1n) is 7.33. The monoisotopic (exact) mass is 293 g/mol. The zero-order valence-electron chi connectivity index (χ0n) is 12.9. The van der Waals surface area contributed by atoms with Gasteiger partial charge in [0.05, 0.1) is 6.61 Å². The van der Waals surface area contributed by atoms with Crippen molar-refractivity contribution in [2.75, 3.05) is 39.6 Å². The van der Waals surface area contributed by atoms with Crippen molar-refractivity contribution in [3.8, 4) is 0 Å². The van der Waals surface area contributed by atoms with Gasteiger partial charge in [-0.3, -0.25) is 0 Å². The minimum atomic E-state index is -2.49. The van der Waals surface area contributed by atoms with Crippen LogP contribution in [0.2, 0.25) is 6.04 Å². The topological polar surface area (TPSA) is 62.9 Å². The van der Waals surface area contributed by atoms with Gasteiger partial charge in [-0.15, -0.1) is 0 Å². The van der Waals surface area contributed by atoms with Gasteiger partial charge >= 0.3 is 8.80 Å². The van der Waals surface area contributed by atoms with Gasteiger partial charge in [-0.25, -0.2) is 0 Å². The molecule has 0 aromatic heterocycles. The van der Waals surface area contributed by atoms with Gasteiger partial charge in [0.25, 0.3) is 0 Å². The molecule has 0 fully saturated rings. The third-order valence-electron chi connectivity index (χ3n) is 2.67. The second-order valence-corrected chi connectivity index (χ2v) is 7.23. The zero-order valence-corrected chi connectivity index (χ0v) is 13.9. The quantitative estimate of drug-likeness (QED) is 0.416. The predicted octanol–water partition coefficient (Wildman–Crippen LogP) is 2.04. The van der Waals surface area contributed by atoms with Crippen molar-refractivity contribution >= 4 is 8.80 Å². The highest BCUT2D eigenvalue weighted by Gasteiger charge is 2.39. The molecule has 0 rings (SSSR count). The van der Waals surface area contributed by atoms with E-state index in [0.29, 0.717) is 45.5 Å². The standard InChI is InChI=1S/C13H31NO4Si/c1-5-16-19(17-6-2,18-7-3)10-8-9-15-12-13(4)11-14/h13H,5-12,14H2,1-4H3. The lowest BCUT2D eigenvalue weighted by atomic mass is 10.2. The van der Waals surface area contributed by atoms with Gasteiger partial charge in [0.15, 0.2) is 0 Å². The van der Waals surface area contributed by atoms with E-state index >= 15 is 0 Å². The van der Waals surface area contributed by atoms with Crippen LogP contribution >= 0.6 is 0 Å². The SMILES string of the molecule is CCO[Si](CCCOCC(C)CN)(OCC)OCC. The third-order valence-corrected chi connectivity index (χ3v) is 5.82. The molecule has 0 saturated carbocycles. The molecule has 0 aromatic rings. The lowest BCUT2D eigenvalue weighted by Crippen LogP contribution is -2.46. The lowest BCUT2D eigenvalue weighted by Gasteiger charge is -2.28. The van der Waals surface area contributed by atoms with E-state index in [1.807, 2.05) is 20.8 Å². The molecule has 1 unspecified atom stereocenters. The summed E-state index contributed by atoms with van der Waals surface area (Å²) in [4.78, 5) is 0. The minimum Gasteiger partial charge on any atom is -0.381 e. The van der Waals surface area contributed by atoms with E-state index in [9.17, 15) is 0 Å². The molecule has 0 aliphatic carbocycles. The molecule has 0 amide bonds. The Morgan fingerprint density at radius 1 is 1.00 bits per heavy atom. The van der Waals surface area contributed by atoms with E-state index in [1.54, 1.807) is 0 Å². The van der Waals surface area contributed by atoms with Crippen LogP contribution in [0.1, 0.15) is 34.1 Å². The van der Waals surface area contributed by atoms with Gasteiger partial charge in [-0.05, 0) is 39.7 Å². The highest BCUT2D eigenvalue weighted by Crippen LogP contribution is 2.18. The van der Waals surface area contributed by atoms with E-state index in [-0.39, 0.29) is 0 Å². The number of nitrogens with two attached hydrogens (primary N) is 1. The van der Waals surface area contributed by atoms with Gasteiger partial charge in [-0.1, -0.05) is 6.92 Å². The largest absolute Gasteiger partial charge is 0.501 e. The molecule has 6 heteroatoms. The molecule has 1 atom stereocenters. The molecule has 0 heterocycles. The maximum absolute atomic E-state index is 5.78. The smallest absolute Gasteiger partial charge is 0.381 e. The van der Waals surface area contributed by atoms with Gasteiger partial charge in [0.1, 0.15) is 0 Å². The average Bonchev–Trinajstić information content (AvgIpc) is 2.39. The van der Waals surface area contributed by atoms with Crippen LogP contribution in [0.15, 0.2) is 0 Å². The van der Waals surface area contributed by atoms with Crippen LogP contribution in [0.25, 0.3) is 0 Å². The van der Waals surface area contributed by atoms with Gasteiger partial charge in [0, 0.05) is 32.5 Å². The summed E-state index contributed by atoms with van der Waals surface area (Å²) >= 11 is 0. The summed E-state index contributed by atoms with van der Waals surface area (Å²) in [5, 5.41) is 0. The van der Waals surface area contributed by atoms with Crippen LogP contribution in [-0.2, 0) is 18.0 Å². The molecular weight excluding hydrogens is 262 g/mol.